The molecule has 0 atom stereocenters. The van der Waals surface area contributed by atoms with Crippen LogP contribution < -0.4 is 4.72 Å². The topological polar surface area (TPSA) is 127 Å². The van der Waals surface area contributed by atoms with Crippen LogP contribution in [0.4, 0.5) is 5.69 Å². The highest BCUT2D eigenvalue weighted by Gasteiger charge is 2.19. The van der Waals surface area contributed by atoms with Gasteiger partial charge in [0.1, 0.15) is 0 Å². The number of ether oxygens (including phenoxy) is 2. The van der Waals surface area contributed by atoms with Gasteiger partial charge in [0.25, 0.3) is 10.0 Å². The van der Waals surface area contributed by atoms with Crippen molar-refractivity contribution in [3.8, 4) is 0 Å². The first-order chi connectivity index (χ1) is 12.9. The van der Waals surface area contributed by atoms with E-state index >= 15 is 0 Å². The van der Waals surface area contributed by atoms with Crippen LogP contribution in [0.25, 0.3) is 10.9 Å². The number of anilines is 1. The lowest BCUT2D eigenvalue weighted by Crippen LogP contribution is -2.14. The van der Waals surface area contributed by atoms with E-state index < -0.39 is 22.0 Å². The summed E-state index contributed by atoms with van der Waals surface area (Å²) in [7, 11) is -1.54. The monoisotopic (exact) mass is 389 g/mol. The first-order valence-electron chi connectivity index (χ1n) is 7.63. The molecule has 0 aliphatic carbocycles. The number of hydrogen-bond acceptors (Lipinski definition) is 7. The Morgan fingerprint density at radius 2 is 1.78 bits per heavy atom. The minimum Gasteiger partial charge on any atom is -0.465 e. The molecule has 2 aromatic carbocycles. The average molecular weight is 389 g/mol. The molecule has 1 heterocycles. The maximum atomic E-state index is 12.6. The molecule has 0 amide bonds. The highest BCUT2D eigenvalue weighted by molar-refractivity contribution is 7.92. The number of carbonyl (C=O) groups excluding carboxylic acids is 2. The van der Waals surface area contributed by atoms with Gasteiger partial charge >= 0.3 is 11.9 Å². The van der Waals surface area contributed by atoms with Crippen molar-refractivity contribution >= 4 is 38.6 Å². The fourth-order valence-corrected chi connectivity index (χ4v) is 3.55. The van der Waals surface area contributed by atoms with E-state index in [4.69, 9.17) is 0 Å². The number of benzene rings is 2. The van der Waals surface area contributed by atoms with Crippen LogP contribution in [0.2, 0.25) is 0 Å². The van der Waals surface area contributed by atoms with Gasteiger partial charge in [0, 0.05) is 11.1 Å². The predicted molar refractivity (Wildman–Crippen MR) is 96.0 cm³/mol. The Kier molecular flexibility index (Phi) is 4.82. The number of fused-ring (bicyclic) bond motifs is 1. The van der Waals surface area contributed by atoms with E-state index in [0.717, 1.165) is 0 Å². The third-order valence-corrected chi connectivity index (χ3v) is 5.14. The maximum absolute atomic E-state index is 12.6. The molecule has 1 aromatic heterocycles. The lowest BCUT2D eigenvalue weighted by molar-refractivity contribution is 0.0589. The van der Waals surface area contributed by atoms with Crippen LogP contribution >= 0.6 is 0 Å². The molecule has 0 bridgehead atoms. The van der Waals surface area contributed by atoms with Crippen molar-refractivity contribution in [3.63, 3.8) is 0 Å². The fourth-order valence-electron chi connectivity index (χ4n) is 2.45. The molecule has 3 rings (SSSR count). The van der Waals surface area contributed by atoms with Crippen molar-refractivity contribution in [1.29, 1.82) is 0 Å². The Balaban J connectivity index is 1.96. The molecule has 10 heteroatoms. The van der Waals surface area contributed by atoms with Crippen LogP contribution in [-0.2, 0) is 19.5 Å². The first kappa shape index (κ1) is 18.4. The fraction of sp³-hybridized carbons (Fsp3) is 0.118. The van der Waals surface area contributed by atoms with E-state index in [1.807, 2.05) is 0 Å². The zero-order valence-electron chi connectivity index (χ0n) is 14.3. The highest BCUT2D eigenvalue weighted by Crippen LogP contribution is 2.24. The zero-order valence-corrected chi connectivity index (χ0v) is 15.2. The first-order valence-corrected chi connectivity index (χ1v) is 9.11. The van der Waals surface area contributed by atoms with Gasteiger partial charge in [-0.3, -0.25) is 9.82 Å². The predicted octanol–water partition coefficient (Wildman–Crippen LogP) is 1.94. The summed E-state index contributed by atoms with van der Waals surface area (Å²) >= 11 is 0. The number of nitrogens with one attached hydrogen (secondary N) is 2. The van der Waals surface area contributed by atoms with Crippen LogP contribution in [0, 0.1) is 0 Å². The molecule has 0 saturated carbocycles. The third kappa shape index (κ3) is 3.60. The molecule has 27 heavy (non-hydrogen) atoms. The maximum Gasteiger partial charge on any atom is 0.359 e. The second-order valence-corrected chi connectivity index (χ2v) is 7.13. The Morgan fingerprint density at radius 3 is 2.48 bits per heavy atom. The highest BCUT2D eigenvalue weighted by atomic mass is 32.2. The number of hydrogen-bond donors (Lipinski definition) is 2. The number of nitrogens with zero attached hydrogens (tertiary/aromatic N) is 1. The molecule has 9 nitrogen and oxygen atoms in total. The Labute approximate surface area is 154 Å². The van der Waals surface area contributed by atoms with Crippen molar-refractivity contribution < 1.29 is 27.5 Å². The molecule has 0 spiro atoms. The van der Waals surface area contributed by atoms with Gasteiger partial charge < -0.3 is 9.47 Å². The number of methoxy groups -OCH3 is 2. The summed E-state index contributed by atoms with van der Waals surface area (Å²) in [6.45, 7) is 0. The molecule has 0 radical (unpaired) electrons. The van der Waals surface area contributed by atoms with Crippen LogP contribution in [-0.4, -0.2) is 44.8 Å². The van der Waals surface area contributed by atoms with E-state index in [9.17, 15) is 18.0 Å². The smallest absolute Gasteiger partial charge is 0.359 e. The normalized spacial score (nSPS) is 11.2. The summed E-state index contributed by atoms with van der Waals surface area (Å²) in [5.74, 6) is -1.29. The Morgan fingerprint density at radius 1 is 1.04 bits per heavy atom. The van der Waals surface area contributed by atoms with Crippen molar-refractivity contribution in [3.05, 3.63) is 53.7 Å². The summed E-state index contributed by atoms with van der Waals surface area (Å²) in [4.78, 5) is 23.2. The second-order valence-electron chi connectivity index (χ2n) is 5.45. The van der Waals surface area contributed by atoms with Crippen molar-refractivity contribution in [1.82, 2.24) is 10.2 Å². The standard InChI is InChI=1S/C17H15N3O6S/c1-25-16(21)10-4-3-5-12(8-10)27(23,24)20-11-6-7-14-13(9-11)15(19-18-14)17(22)26-2/h3-9,20H,1-2H3,(H,18,19). The van der Waals surface area contributed by atoms with Gasteiger partial charge in [0.2, 0.25) is 0 Å². The van der Waals surface area contributed by atoms with Crippen LogP contribution in [0.1, 0.15) is 20.8 Å². The van der Waals surface area contributed by atoms with Gasteiger partial charge in [-0.15, -0.1) is 0 Å². The summed E-state index contributed by atoms with van der Waals surface area (Å²) in [6, 6.07) is 10.0. The number of carbonyl (C=O) groups is 2. The van der Waals surface area contributed by atoms with Gasteiger partial charge in [-0.1, -0.05) is 6.07 Å². The Hall–Kier alpha value is -3.40. The largest absolute Gasteiger partial charge is 0.465 e. The van der Waals surface area contributed by atoms with Crippen LogP contribution in [0.15, 0.2) is 47.4 Å². The molecule has 0 unspecified atom stereocenters. The summed E-state index contributed by atoms with van der Waals surface area (Å²) in [6.07, 6.45) is 0. The van der Waals surface area contributed by atoms with Gasteiger partial charge in [0.15, 0.2) is 5.69 Å². The molecular formula is C17H15N3O6S. The van der Waals surface area contributed by atoms with Gasteiger partial charge in [-0.05, 0) is 36.4 Å². The summed E-state index contributed by atoms with van der Waals surface area (Å²) in [5, 5.41) is 6.95. The van der Waals surface area contributed by atoms with Gasteiger partial charge in [-0.2, -0.15) is 5.10 Å². The number of aromatic nitrogens is 2. The average Bonchev–Trinajstić information content (AvgIpc) is 3.09. The lowest BCUT2D eigenvalue weighted by atomic mass is 10.2. The van der Waals surface area contributed by atoms with Crippen molar-refractivity contribution in [2.75, 3.05) is 18.9 Å². The SMILES string of the molecule is COC(=O)c1cccc(S(=O)(=O)Nc2ccc3[nH]nc(C(=O)OC)c3c2)c1. The molecule has 3 aromatic rings. The van der Waals surface area contributed by atoms with E-state index in [1.165, 1.54) is 50.6 Å². The van der Waals surface area contributed by atoms with E-state index in [0.29, 0.717) is 10.9 Å². The molecule has 0 saturated heterocycles. The number of sulfonamides is 1. The molecule has 2 N–H and O–H groups in total. The third-order valence-electron chi connectivity index (χ3n) is 3.76. The number of H-pyrrole nitrogens is 1. The lowest BCUT2D eigenvalue weighted by Gasteiger charge is -2.09. The molecular weight excluding hydrogens is 374 g/mol. The number of esters is 2. The number of rotatable bonds is 5. The van der Waals surface area contributed by atoms with Crippen molar-refractivity contribution in [2.45, 2.75) is 4.90 Å². The number of aromatic amines is 1. The van der Waals surface area contributed by atoms with Crippen LogP contribution in [0.5, 0.6) is 0 Å². The molecule has 140 valence electrons. The van der Waals surface area contributed by atoms with E-state index in [1.54, 1.807) is 6.07 Å². The van der Waals surface area contributed by atoms with E-state index in [-0.39, 0.29) is 21.8 Å². The summed E-state index contributed by atoms with van der Waals surface area (Å²) in [5.41, 5.74) is 0.920. The Bertz CT molecular complexity index is 1140. The zero-order chi connectivity index (χ0) is 19.6. The van der Waals surface area contributed by atoms with Crippen LogP contribution in [0.3, 0.4) is 0 Å². The minimum absolute atomic E-state index is 0.0428. The quantitative estimate of drug-likeness (QED) is 0.638. The van der Waals surface area contributed by atoms with Gasteiger partial charge in [0.05, 0.1) is 30.2 Å². The minimum atomic E-state index is -3.97. The van der Waals surface area contributed by atoms with E-state index in [2.05, 4.69) is 24.4 Å². The van der Waals surface area contributed by atoms with Crippen molar-refractivity contribution in [2.24, 2.45) is 0 Å². The van der Waals surface area contributed by atoms with Gasteiger partial charge in [-0.25, -0.2) is 18.0 Å². The second kappa shape index (κ2) is 7.08. The molecule has 0 aliphatic heterocycles. The summed E-state index contributed by atoms with van der Waals surface area (Å²) < 4.78 is 36.9. The molecule has 0 fully saturated rings. The molecule has 0 aliphatic rings.